The van der Waals surface area contributed by atoms with E-state index < -0.39 is 0 Å². The van der Waals surface area contributed by atoms with E-state index >= 15 is 0 Å². The van der Waals surface area contributed by atoms with E-state index in [1.807, 2.05) is 0 Å². The maximum Gasteiger partial charge on any atom is 0.0918 e. The average Bonchev–Trinajstić information content (AvgIpc) is 2.59. The first-order chi connectivity index (χ1) is 7.97. The van der Waals surface area contributed by atoms with Crippen molar-refractivity contribution in [1.82, 2.24) is 4.90 Å². The number of nitrogens with two attached hydrogens (primary N) is 1. The second-order valence-corrected chi connectivity index (χ2v) is 6.55. The fourth-order valence-electron chi connectivity index (χ4n) is 1.69. The highest BCUT2D eigenvalue weighted by molar-refractivity contribution is 9.10. The summed E-state index contributed by atoms with van der Waals surface area (Å²) in [5.41, 5.74) is 5.42. The quantitative estimate of drug-likeness (QED) is 0.599. The average molecular weight is 318 g/mol. The molecule has 0 saturated heterocycles. The van der Waals surface area contributed by atoms with Crippen molar-refractivity contribution >= 4 is 33.1 Å². The minimum Gasteiger partial charge on any atom is -0.388 e. The summed E-state index contributed by atoms with van der Waals surface area (Å²) in [6.07, 6.45) is 0.652. The van der Waals surface area contributed by atoms with Gasteiger partial charge in [-0.3, -0.25) is 10.3 Å². The Morgan fingerprint density at radius 1 is 1.59 bits per heavy atom. The molecular weight excluding hydrogens is 298 g/mol. The molecule has 0 aliphatic rings. The topological polar surface area (TPSA) is 53.1 Å². The summed E-state index contributed by atoms with van der Waals surface area (Å²) in [5.74, 6) is 0.900. The Hall–Kier alpha value is -0.390. The zero-order chi connectivity index (χ0) is 12.8. The lowest BCUT2D eigenvalue weighted by molar-refractivity contribution is 0.244. The summed E-state index contributed by atoms with van der Waals surface area (Å²) >= 11 is 5.24. The van der Waals surface area contributed by atoms with Crippen LogP contribution in [0, 0.1) is 11.3 Å². The van der Waals surface area contributed by atoms with Gasteiger partial charge in [0.05, 0.1) is 5.84 Å². The molecule has 5 heteroatoms. The van der Waals surface area contributed by atoms with Gasteiger partial charge < -0.3 is 5.73 Å². The van der Waals surface area contributed by atoms with Gasteiger partial charge in [-0.2, -0.15) is 0 Å². The van der Waals surface area contributed by atoms with Crippen molar-refractivity contribution in [3.8, 4) is 0 Å². The lowest BCUT2D eigenvalue weighted by Crippen LogP contribution is -2.30. The summed E-state index contributed by atoms with van der Waals surface area (Å²) in [6, 6.07) is 2.16. The highest BCUT2D eigenvalue weighted by atomic mass is 79.9. The van der Waals surface area contributed by atoms with Crippen molar-refractivity contribution in [2.24, 2.45) is 11.7 Å². The maximum atomic E-state index is 7.30. The highest BCUT2D eigenvalue weighted by Crippen LogP contribution is 2.21. The molecule has 1 rings (SSSR count). The van der Waals surface area contributed by atoms with Crippen molar-refractivity contribution in [2.45, 2.75) is 26.8 Å². The molecule has 3 N–H and O–H groups in total. The van der Waals surface area contributed by atoms with Crippen LogP contribution in [0.3, 0.4) is 0 Å². The molecule has 0 fully saturated rings. The molecule has 1 heterocycles. The first-order valence-corrected chi connectivity index (χ1v) is 7.42. The van der Waals surface area contributed by atoms with E-state index in [0.717, 1.165) is 24.1 Å². The smallest absolute Gasteiger partial charge is 0.0918 e. The van der Waals surface area contributed by atoms with E-state index in [1.165, 1.54) is 4.88 Å². The first-order valence-electron chi connectivity index (χ1n) is 5.75. The number of nitrogens with one attached hydrogen (secondary N) is 1. The van der Waals surface area contributed by atoms with Gasteiger partial charge in [0, 0.05) is 40.8 Å². The molecule has 1 aromatic rings. The molecule has 0 unspecified atom stereocenters. The van der Waals surface area contributed by atoms with Crippen LogP contribution in [-0.2, 0) is 6.54 Å². The molecule has 0 atom stereocenters. The SMILES string of the molecule is CC(C)CN(CCC(=N)N)Cc1cc(Br)cs1. The van der Waals surface area contributed by atoms with Gasteiger partial charge in [0.2, 0.25) is 0 Å². The van der Waals surface area contributed by atoms with Gasteiger partial charge in [-0.15, -0.1) is 11.3 Å². The van der Waals surface area contributed by atoms with Gasteiger partial charge in [0.1, 0.15) is 0 Å². The van der Waals surface area contributed by atoms with Gasteiger partial charge in [0.25, 0.3) is 0 Å². The summed E-state index contributed by atoms with van der Waals surface area (Å²) in [6.45, 7) is 7.28. The van der Waals surface area contributed by atoms with E-state index in [2.05, 4.69) is 46.1 Å². The largest absolute Gasteiger partial charge is 0.388 e. The Morgan fingerprint density at radius 3 is 2.76 bits per heavy atom. The van der Waals surface area contributed by atoms with Crippen molar-refractivity contribution < 1.29 is 0 Å². The van der Waals surface area contributed by atoms with E-state index in [-0.39, 0.29) is 5.84 Å². The number of hydrogen-bond donors (Lipinski definition) is 2. The fourth-order valence-corrected chi connectivity index (χ4v) is 3.18. The first kappa shape index (κ1) is 14.7. The summed E-state index contributed by atoms with van der Waals surface area (Å²) < 4.78 is 1.15. The third-order valence-corrected chi connectivity index (χ3v) is 4.00. The number of amidine groups is 1. The van der Waals surface area contributed by atoms with Gasteiger partial charge in [-0.25, -0.2) is 0 Å². The molecular formula is C12H20BrN3S. The van der Waals surface area contributed by atoms with Crippen LogP contribution in [-0.4, -0.2) is 23.8 Å². The predicted octanol–water partition coefficient (Wildman–Crippen LogP) is 3.29. The molecule has 0 aromatic carbocycles. The number of nitrogens with zero attached hydrogens (tertiary/aromatic N) is 1. The van der Waals surface area contributed by atoms with Crippen LogP contribution in [0.2, 0.25) is 0 Å². The van der Waals surface area contributed by atoms with E-state index in [4.69, 9.17) is 11.1 Å². The van der Waals surface area contributed by atoms with Crippen LogP contribution < -0.4 is 5.73 Å². The summed E-state index contributed by atoms with van der Waals surface area (Å²) in [4.78, 5) is 3.71. The molecule has 0 saturated carbocycles. The molecule has 3 nitrogen and oxygen atoms in total. The van der Waals surface area contributed by atoms with Gasteiger partial charge in [-0.1, -0.05) is 13.8 Å². The molecule has 0 spiro atoms. The van der Waals surface area contributed by atoms with Crippen molar-refractivity contribution in [1.29, 1.82) is 5.41 Å². The Balaban J connectivity index is 2.53. The summed E-state index contributed by atoms with van der Waals surface area (Å²) in [7, 11) is 0. The highest BCUT2D eigenvalue weighted by Gasteiger charge is 2.10. The Bertz CT molecular complexity index is 362. The van der Waals surface area contributed by atoms with Crippen LogP contribution >= 0.6 is 27.3 Å². The normalized spacial score (nSPS) is 11.4. The standard InChI is InChI=1S/C12H20BrN3S/c1-9(2)6-16(4-3-12(14)15)7-11-5-10(13)8-17-11/h5,8-9H,3-4,6-7H2,1-2H3,(H3,14,15). The zero-order valence-electron chi connectivity index (χ0n) is 10.4. The number of thiophene rings is 1. The molecule has 0 bridgehead atoms. The van der Waals surface area contributed by atoms with Crippen LogP contribution in [0.4, 0.5) is 0 Å². The lowest BCUT2D eigenvalue weighted by Gasteiger charge is -2.23. The fraction of sp³-hybridized carbons (Fsp3) is 0.583. The van der Waals surface area contributed by atoms with Crippen molar-refractivity contribution in [2.75, 3.05) is 13.1 Å². The van der Waals surface area contributed by atoms with Crippen molar-refractivity contribution in [3.63, 3.8) is 0 Å². The number of hydrogen-bond acceptors (Lipinski definition) is 3. The van der Waals surface area contributed by atoms with Gasteiger partial charge in [0.15, 0.2) is 0 Å². The van der Waals surface area contributed by atoms with Crippen LogP contribution in [0.25, 0.3) is 0 Å². The zero-order valence-corrected chi connectivity index (χ0v) is 12.8. The van der Waals surface area contributed by atoms with Crippen molar-refractivity contribution in [3.05, 3.63) is 20.8 Å². The van der Waals surface area contributed by atoms with Crippen LogP contribution in [0.15, 0.2) is 15.9 Å². The monoisotopic (exact) mass is 317 g/mol. The lowest BCUT2D eigenvalue weighted by atomic mass is 10.2. The second kappa shape index (κ2) is 7.13. The van der Waals surface area contributed by atoms with E-state index in [1.54, 1.807) is 11.3 Å². The predicted molar refractivity (Wildman–Crippen MR) is 78.7 cm³/mol. The minimum atomic E-state index is 0.270. The molecule has 0 amide bonds. The molecule has 1 aromatic heterocycles. The van der Waals surface area contributed by atoms with E-state index in [9.17, 15) is 0 Å². The molecule has 0 aliphatic heterocycles. The molecule has 0 aliphatic carbocycles. The number of rotatable bonds is 7. The second-order valence-electron chi connectivity index (χ2n) is 4.64. The minimum absolute atomic E-state index is 0.270. The Labute approximate surface area is 116 Å². The third kappa shape index (κ3) is 6.19. The van der Waals surface area contributed by atoms with E-state index in [0.29, 0.717) is 12.3 Å². The maximum absolute atomic E-state index is 7.30. The third-order valence-electron chi connectivity index (χ3n) is 2.32. The summed E-state index contributed by atoms with van der Waals surface area (Å²) in [5, 5.41) is 9.41. The number of halogens is 1. The molecule has 96 valence electrons. The molecule has 0 radical (unpaired) electrons. The molecule has 17 heavy (non-hydrogen) atoms. The van der Waals surface area contributed by atoms with Gasteiger partial charge in [-0.05, 0) is 27.9 Å². The van der Waals surface area contributed by atoms with Gasteiger partial charge >= 0.3 is 0 Å². The van der Waals surface area contributed by atoms with Crippen LogP contribution in [0.1, 0.15) is 25.1 Å². The van der Waals surface area contributed by atoms with Crippen LogP contribution in [0.5, 0.6) is 0 Å². The Kier molecular flexibility index (Phi) is 6.16. The Morgan fingerprint density at radius 2 is 2.29 bits per heavy atom.